The Morgan fingerprint density at radius 1 is 1.45 bits per heavy atom. The Labute approximate surface area is 120 Å². The minimum atomic E-state index is -0.114. The zero-order valence-corrected chi connectivity index (χ0v) is 12.1. The first-order valence-corrected chi connectivity index (χ1v) is 7.46. The fourth-order valence-electron chi connectivity index (χ4n) is 2.76. The van der Waals surface area contributed by atoms with Crippen LogP contribution in [0.25, 0.3) is 0 Å². The monoisotopic (exact) mass is 280 g/mol. The highest BCUT2D eigenvalue weighted by Gasteiger charge is 2.28. The molecular weight excluding hydrogens is 256 g/mol. The van der Waals surface area contributed by atoms with Gasteiger partial charge in [0, 0.05) is 18.9 Å². The average Bonchev–Trinajstić information content (AvgIpc) is 2.49. The van der Waals surface area contributed by atoms with Gasteiger partial charge >= 0.3 is 5.97 Å². The molecule has 0 aromatic heterocycles. The molecule has 2 N–H and O–H groups in total. The van der Waals surface area contributed by atoms with E-state index in [0.717, 1.165) is 50.2 Å². The summed E-state index contributed by atoms with van der Waals surface area (Å²) in [6.45, 7) is 3.83. The molecule has 20 heavy (non-hydrogen) atoms. The molecule has 0 aromatic rings. The van der Waals surface area contributed by atoms with E-state index >= 15 is 0 Å². The van der Waals surface area contributed by atoms with Crippen molar-refractivity contribution in [2.75, 3.05) is 19.8 Å². The van der Waals surface area contributed by atoms with Crippen LogP contribution in [0.4, 0.5) is 0 Å². The van der Waals surface area contributed by atoms with Gasteiger partial charge in [-0.3, -0.25) is 9.79 Å². The van der Waals surface area contributed by atoms with Crippen LogP contribution >= 0.6 is 0 Å². The third-order valence-electron chi connectivity index (χ3n) is 3.92. The average molecular weight is 280 g/mol. The van der Waals surface area contributed by atoms with Crippen molar-refractivity contribution >= 4 is 11.7 Å². The standard InChI is InChI=1S/C15H24N2O3/c1-2-20-15(18)11-3-4-14(12(9-11)10-16)17-13-5-7-19-8-6-13/h10-11,13H,2-9,16H2,1H3. The van der Waals surface area contributed by atoms with Crippen LogP contribution in [0.3, 0.4) is 0 Å². The second kappa shape index (κ2) is 7.43. The molecule has 1 heterocycles. The molecule has 1 unspecified atom stereocenters. The van der Waals surface area contributed by atoms with Crippen LogP contribution in [0.15, 0.2) is 16.8 Å². The molecule has 1 saturated heterocycles. The lowest BCUT2D eigenvalue weighted by Gasteiger charge is -2.26. The number of esters is 1. The molecule has 5 nitrogen and oxygen atoms in total. The number of carbonyl (C=O) groups is 1. The number of nitrogens with two attached hydrogens (primary N) is 1. The van der Waals surface area contributed by atoms with Crippen LogP contribution in [0.1, 0.15) is 39.0 Å². The predicted octanol–water partition coefficient (Wildman–Crippen LogP) is 1.81. The molecule has 1 atom stereocenters. The summed E-state index contributed by atoms with van der Waals surface area (Å²) in [6.07, 6.45) is 5.81. The Morgan fingerprint density at radius 2 is 2.20 bits per heavy atom. The summed E-state index contributed by atoms with van der Waals surface area (Å²) in [4.78, 5) is 16.6. The Morgan fingerprint density at radius 3 is 2.85 bits per heavy atom. The van der Waals surface area contributed by atoms with Gasteiger partial charge in [0.15, 0.2) is 0 Å². The molecule has 1 aliphatic heterocycles. The summed E-state index contributed by atoms with van der Waals surface area (Å²) in [7, 11) is 0. The van der Waals surface area contributed by atoms with E-state index in [1.54, 1.807) is 6.20 Å². The van der Waals surface area contributed by atoms with Gasteiger partial charge in [-0.25, -0.2) is 0 Å². The van der Waals surface area contributed by atoms with E-state index in [-0.39, 0.29) is 11.9 Å². The van der Waals surface area contributed by atoms with Crippen molar-refractivity contribution in [1.29, 1.82) is 0 Å². The third kappa shape index (κ3) is 3.82. The molecule has 5 heteroatoms. The van der Waals surface area contributed by atoms with Crippen molar-refractivity contribution in [3.05, 3.63) is 11.8 Å². The van der Waals surface area contributed by atoms with Crippen molar-refractivity contribution in [1.82, 2.24) is 0 Å². The van der Waals surface area contributed by atoms with Gasteiger partial charge in [-0.05, 0) is 50.8 Å². The van der Waals surface area contributed by atoms with Gasteiger partial charge in [0.05, 0.1) is 18.6 Å². The number of hydrogen-bond acceptors (Lipinski definition) is 5. The third-order valence-corrected chi connectivity index (χ3v) is 3.92. The fraction of sp³-hybridized carbons (Fsp3) is 0.733. The van der Waals surface area contributed by atoms with E-state index in [1.807, 2.05) is 6.92 Å². The molecule has 0 amide bonds. The van der Waals surface area contributed by atoms with Gasteiger partial charge in [-0.15, -0.1) is 0 Å². The molecule has 1 aliphatic carbocycles. The minimum Gasteiger partial charge on any atom is -0.466 e. The zero-order valence-electron chi connectivity index (χ0n) is 12.1. The number of carbonyl (C=O) groups excluding carboxylic acids is 1. The van der Waals surface area contributed by atoms with Gasteiger partial charge < -0.3 is 15.2 Å². The summed E-state index contributed by atoms with van der Waals surface area (Å²) >= 11 is 0. The van der Waals surface area contributed by atoms with Gasteiger partial charge in [0.2, 0.25) is 0 Å². The normalized spacial score (nSPS) is 28.8. The van der Waals surface area contributed by atoms with Gasteiger partial charge in [-0.2, -0.15) is 0 Å². The van der Waals surface area contributed by atoms with E-state index in [2.05, 4.69) is 0 Å². The van der Waals surface area contributed by atoms with E-state index in [0.29, 0.717) is 19.1 Å². The van der Waals surface area contributed by atoms with Crippen molar-refractivity contribution in [3.63, 3.8) is 0 Å². The molecule has 0 spiro atoms. The summed E-state index contributed by atoms with van der Waals surface area (Å²) in [5.41, 5.74) is 7.79. The molecular formula is C15H24N2O3. The van der Waals surface area contributed by atoms with Crippen LogP contribution < -0.4 is 5.73 Å². The first-order valence-electron chi connectivity index (χ1n) is 7.46. The van der Waals surface area contributed by atoms with Crippen molar-refractivity contribution in [3.8, 4) is 0 Å². The SMILES string of the molecule is CCOC(=O)C1CCC(=NC2CCOCC2)C(=CN)C1. The summed E-state index contributed by atoms with van der Waals surface area (Å²) in [5.74, 6) is -0.185. The molecule has 2 fully saturated rings. The lowest BCUT2D eigenvalue weighted by molar-refractivity contribution is -0.148. The lowest BCUT2D eigenvalue weighted by atomic mass is 9.84. The van der Waals surface area contributed by atoms with E-state index in [9.17, 15) is 4.79 Å². The Balaban J connectivity index is 1.99. The van der Waals surface area contributed by atoms with E-state index in [1.165, 1.54) is 0 Å². The van der Waals surface area contributed by atoms with Crippen LogP contribution in [0, 0.1) is 5.92 Å². The van der Waals surface area contributed by atoms with Crippen LogP contribution in [0.5, 0.6) is 0 Å². The quantitative estimate of drug-likeness (QED) is 0.800. The number of nitrogens with zero attached hydrogens (tertiary/aromatic N) is 1. The molecule has 112 valence electrons. The topological polar surface area (TPSA) is 73.9 Å². The van der Waals surface area contributed by atoms with Crippen LogP contribution in [-0.2, 0) is 14.3 Å². The van der Waals surface area contributed by atoms with Crippen LogP contribution in [-0.4, -0.2) is 37.5 Å². The maximum Gasteiger partial charge on any atom is 0.309 e. The Bertz CT molecular complexity index is 398. The summed E-state index contributed by atoms with van der Waals surface area (Å²) in [5, 5.41) is 0. The second-order valence-electron chi connectivity index (χ2n) is 5.30. The smallest absolute Gasteiger partial charge is 0.309 e. The zero-order chi connectivity index (χ0) is 14.4. The second-order valence-corrected chi connectivity index (χ2v) is 5.30. The first kappa shape index (κ1) is 15.0. The van der Waals surface area contributed by atoms with Crippen LogP contribution in [0.2, 0.25) is 0 Å². The fourth-order valence-corrected chi connectivity index (χ4v) is 2.76. The van der Waals surface area contributed by atoms with Crippen molar-refractivity contribution in [2.24, 2.45) is 16.6 Å². The summed E-state index contributed by atoms with van der Waals surface area (Å²) < 4.78 is 10.4. The lowest BCUT2D eigenvalue weighted by Crippen LogP contribution is -2.28. The summed E-state index contributed by atoms with van der Waals surface area (Å²) in [6, 6.07) is 0.341. The van der Waals surface area contributed by atoms with Crippen molar-refractivity contribution < 1.29 is 14.3 Å². The number of rotatable bonds is 3. The molecule has 0 aromatic carbocycles. The number of hydrogen-bond donors (Lipinski definition) is 1. The molecule has 2 aliphatic rings. The maximum absolute atomic E-state index is 11.8. The number of ether oxygens (including phenoxy) is 2. The Hall–Kier alpha value is -1.36. The number of allylic oxidation sites excluding steroid dienone is 1. The molecule has 0 bridgehead atoms. The largest absolute Gasteiger partial charge is 0.466 e. The highest BCUT2D eigenvalue weighted by atomic mass is 16.5. The first-order chi connectivity index (χ1) is 9.74. The number of aliphatic imine (C=N–C) groups is 1. The van der Waals surface area contributed by atoms with Gasteiger partial charge in [0.1, 0.15) is 0 Å². The van der Waals surface area contributed by atoms with Gasteiger partial charge in [0.25, 0.3) is 0 Å². The van der Waals surface area contributed by atoms with Crippen molar-refractivity contribution in [2.45, 2.75) is 45.1 Å². The Kier molecular flexibility index (Phi) is 5.59. The maximum atomic E-state index is 11.8. The molecule has 2 rings (SSSR count). The molecule has 1 saturated carbocycles. The predicted molar refractivity (Wildman–Crippen MR) is 77.5 cm³/mol. The van der Waals surface area contributed by atoms with Gasteiger partial charge in [-0.1, -0.05) is 0 Å². The highest BCUT2D eigenvalue weighted by molar-refractivity contribution is 6.02. The van der Waals surface area contributed by atoms with E-state index < -0.39 is 0 Å². The van der Waals surface area contributed by atoms with E-state index in [4.69, 9.17) is 20.2 Å². The minimum absolute atomic E-state index is 0.0709. The highest BCUT2D eigenvalue weighted by Crippen LogP contribution is 2.28. The molecule has 0 radical (unpaired) electrons.